The third kappa shape index (κ3) is 3.57. The van der Waals surface area contributed by atoms with Crippen molar-refractivity contribution in [2.75, 3.05) is 6.54 Å². The molecule has 0 atom stereocenters. The lowest BCUT2D eigenvalue weighted by Crippen LogP contribution is -2.32. The number of hydrogen-bond donors (Lipinski definition) is 1. The van der Waals surface area contributed by atoms with Gasteiger partial charge in [-0.15, -0.1) is 0 Å². The summed E-state index contributed by atoms with van der Waals surface area (Å²) in [5, 5.41) is 3.27. The van der Waals surface area contributed by atoms with Crippen molar-refractivity contribution in [1.82, 2.24) is 14.9 Å². The Kier molecular flexibility index (Phi) is 4.72. The van der Waals surface area contributed by atoms with Gasteiger partial charge in [-0.3, -0.25) is 9.36 Å². The quantitative estimate of drug-likeness (QED) is 0.847. The summed E-state index contributed by atoms with van der Waals surface area (Å²) < 4.78 is 2.35. The van der Waals surface area contributed by atoms with Crippen LogP contribution in [0.2, 0.25) is 0 Å². The molecule has 1 heterocycles. The van der Waals surface area contributed by atoms with Crippen molar-refractivity contribution in [3.63, 3.8) is 0 Å². The Hall–Kier alpha value is -0.430. The Morgan fingerprint density at radius 1 is 1.60 bits per heavy atom. The highest BCUT2D eigenvalue weighted by atomic mass is 127. The molecule has 0 aliphatic carbocycles. The molecule has 0 spiro atoms. The van der Waals surface area contributed by atoms with Crippen molar-refractivity contribution in [2.24, 2.45) is 0 Å². The van der Waals surface area contributed by atoms with Crippen molar-refractivity contribution in [3.8, 4) is 0 Å². The van der Waals surface area contributed by atoms with Gasteiger partial charge in [0.15, 0.2) is 0 Å². The summed E-state index contributed by atoms with van der Waals surface area (Å²) in [6, 6.07) is 0.443. The number of halogens is 1. The van der Waals surface area contributed by atoms with Crippen LogP contribution in [-0.2, 0) is 6.54 Å². The van der Waals surface area contributed by atoms with E-state index in [4.69, 9.17) is 0 Å². The van der Waals surface area contributed by atoms with E-state index in [1.807, 2.05) is 29.5 Å². The monoisotopic (exact) mass is 321 g/mol. The molecule has 0 saturated carbocycles. The first-order valence-corrected chi connectivity index (χ1v) is 6.05. The highest BCUT2D eigenvalue weighted by Crippen LogP contribution is 2.00. The molecule has 0 aromatic carbocycles. The molecule has 1 N–H and O–H groups in total. The lowest BCUT2D eigenvalue weighted by molar-refractivity contribution is 0.528. The van der Waals surface area contributed by atoms with Gasteiger partial charge in [0.05, 0.1) is 15.6 Å². The maximum absolute atomic E-state index is 11.8. The van der Waals surface area contributed by atoms with Crippen LogP contribution in [0.15, 0.2) is 11.1 Å². The highest BCUT2D eigenvalue weighted by Gasteiger charge is 2.04. The van der Waals surface area contributed by atoms with Gasteiger partial charge in [0.1, 0.15) is 0 Å². The van der Waals surface area contributed by atoms with Crippen LogP contribution in [-0.4, -0.2) is 22.1 Å². The van der Waals surface area contributed by atoms with E-state index >= 15 is 0 Å². The number of aryl methyl sites for hydroxylation is 1. The molecule has 1 rings (SSSR count). The largest absolute Gasteiger partial charge is 0.313 e. The minimum atomic E-state index is 0.0497. The molecule has 0 unspecified atom stereocenters. The first kappa shape index (κ1) is 12.6. The summed E-state index contributed by atoms with van der Waals surface area (Å²) in [7, 11) is 0. The van der Waals surface area contributed by atoms with Crippen LogP contribution in [0.5, 0.6) is 0 Å². The Morgan fingerprint density at radius 2 is 2.27 bits per heavy atom. The van der Waals surface area contributed by atoms with Crippen LogP contribution in [0.4, 0.5) is 0 Å². The van der Waals surface area contributed by atoms with Gasteiger partial charge in [-0.25, -0.2) is 4.98 Å². The molecule has 0 bridgehead atoms. The minimum absolute atomic E-state index is 0.0497. The first-order chi connectivity index (χ1) is 7.02. The normalized spacial score (nSPS) is 11.0. The van der Waals surface area contributed by atoms with E-state index in [1.165, 1.54) is 0 Å². The zero-order chi connectivity index (χ0) is 11.4. The maximum Gasteiger partial charge on any atom is 0.267 e. The summed E-state index contributed by atoms with van der Waals surface area (Å²) in [4.78, 5) is 15.9. The highest BCUT2D eigenvalue weighted by molar-refractivity contribution is 14.1. The SMILES string of the molecule is Cc1ncn(CCNC(C)C)c(=O)c1I. The van der Waals surface area contributed by atoms with E-state index in [1.54, 1.807) is 10.9 Å². The average Bonchev–Trinajstić information content (AvgIpc) is 2.18. The topological polar surface area (TPSA) is 46.9 Å². The molecule has 15 heavy (non-hydrogen) atoms. The molecule has 0 aliphatic heterocycles. The van der Waals surface area contributed by atoms with E-state index in [2.05, 4.69) is 24.1 Å². The van der Waals surface area contributed by atoms with Gasteiger partial charge in [-0.1, -0.05) is 13.8 Å². The molecule has 84 valence electrons. The molecular weight excluding hydrogens is 305 g/mol. The average molecular weight is 321 g/mol. The molecule has 0 saturated heterocycles. The predicted octanol–water partition coefficient (Wildman–Crippen LogP) is 1.15. The van der Waals surface area contributed by atoms with Crippen LogP contribution in [0.1, 0.15) is 19.5 Å². The summed E-state index contributed by atoms with van der Waals surface area (Å²) >= 11 is 2.04. The molecule has 0 amide bonds. The Bertz CT molecular complexity index is 387. The molecule has 0 fully saturated rings. The minimum Gasteiger partial charge on any atom is -0.313 e. The second-order valence-corrected chi connectivity index (χ2v) is 4.83. The van der Waals surface area contributed by atoms with E-state index < -0.39 is 0 Å². The first-order valence-electron chi connectivity index (χ1n) is 4.97. The second kappa shape index (κ2) is 5.60. The zero-order valence-corrected chi connectivity index (χ0v) is 11.4. The Balaban J connectivity index is 2.71. The fourth-order valence-electron chi connectivity index (χ4n) is 1.18. The van der Waals surface area contributed by atoms with E-state index in [-0.39, 0.29) is 5.56 Å². The number of aromatic nitrogens is 2. The molecule has 1 aromatic heterocycles. The van der Waals surface area contributed by atoms with Gasteiger partial charge < -0.3 is 5.32 Å². The third-order valence-electron chi connectivity index (χ3n) is 2.06. The van der Waals surface area contributed by atoms with Crippen LogP contribution in [0, 0.1) is 10.5 Å². The lowest BCUT2D eigenvalue weighted by atomic mass is 10.4. The summed E-state index contributed by atoms with van der Waals surface area (Å²) in [6.07, 6.45) is 1.61. The van der Waals surface area contributed by atoms with Gasteiger partial charge >= 0.3 is 0 Å². The molecule has 0 radical (unpaired) electrons. The Morgan fingerprint density at radius 3 is 2.87 bits per heavy atom. The predicted molar refractivity (Wildman–Crippen MR) is 69.1 cm³/mol. The lowest BCUT2D eigenvalue weighted by Gasteiger charge is -2.10. The van der Waals surface area contributed by atoms with Crippen LogP contribution in [0.25, 0.3) is 0 Å². The van der Waals surface area contributed by atoms with Gasteiger partial charge in [0.2, 0.25) is 0 Å². The van der Waals surface area contributed by atoms with Gasteiger partial charge in [-0.05, 0) is 29.5 Å². The standard InChI is InChI=1S/C10H16IN3O/c1-7(2)12-4-5-14-6-13-8(3)9(11)10(14)15/h6-7,12H,4-5H2,1-3H3. The van der Waals surface area contributed by atoms with Crippen LogP contribution < -0.4 is 10.9 Å². The molecule has 5 heteroatoms. The van der Waals surface area contributed by atoms with Crippen molar-refractivity contribution >= 4 is 22.6 Å². The van der Waals surface area contributed by atoms with E-state index in [9.17, 15) is 4.79 Å². The summed E-state index contributed by atoms with van der Waals surface area (Å²) in [5.41, 5.74) is 0.849. The maximum atomic E-state index is 11.8. The van der Waals surface area contributed by atoms with Crippen LogP contribution >= 0.6 is 22.6 Å². The van der Waals surface area contributed by atoms with Crippen molar-refractivity contribution in [1.29, 1.82) is 0 Å². The molecule has 1 aromatic rings. The molecular formula is C10H16IN3O. The third-order valence-corrected chi connectivity index (χ3v) is 3.30. The number of nitrogens with one attached hydrogen (secondary N) is 1. The Labute approximate surface area is 103 Å². The van der Waals surface area contributed by atoms with Gasteiger partial charge in [-0.2, -0.15) is 0 Å². The molecule has 4 nitrogen and oxygen atoms in total. The summed E-state index contributed by atoms with van der Waals surface area (Å²) in [6.45, 7) is 7.47. The molecule has 0 aliphatic rings. The fourth-order valence-corrected chi connectivity index (χ4v) is 1.63. The zero-order valence-electron chi connectivity index (χ0n) is 9.25. The van der Waals surface area contributed by atoms with Crippen LogP contribution in [0.3, 0.4) is 0 Å². The number of rotatable bonds is 4. The van der Waals surface area contributed by atoms with Gasteiger partial charge in [0, 0.05) is 19.1 Å². The second-order valence-electron chi connectivity index (χ2n) is 3.75. The van der Waals surface area contributed by atoms with Gasteiger partial charge in [0.25, 0.3) is 5.56 Å². The van der Waals surface area contributed by atoms with E-state index in [0.717, 1.165) is 12.2 Å². The smallest absolute Gasteiger partial charge is 0.267 e. The van der Waals surface area contributed by atoms with Crippen molar-refractivity contribution in [2.45, 2.75) is 33.4 Å². The van der Waals surface area contributed by atoms with Crippen molar-refractivity contribution in [3.05, 3.63) is 25.9 Å². The van der Waals surface area contributed by atoms with E-state index in [0.29, 0.717) is 16.2 Å². The number of nitrogens with zero attached hydrogens (tertiary/aromatic N) is 2. The fraction of sp³-hybridized carbons (Fsp3) is 0.600. The number of hydrogen-bond acceptors (Lipinski definition) is 3. The summed E-state index contributed by atoms with van der Waals surface area (Å²) in [5.74, 6) is 0. The van der Waals surface area contributed by atoms with Crippen molar-refractivity contribution < 1.29 is 0 Å².